The number of benzene rings is 2. The van der Waals surface area contributed by atoms with Crippen molar-refractivity contribution in [3.8, 4) is 23.4 Å². The molecule has 140 valence electrons. The summed E-state index contributed by atoms with van der Waals surface area (Å²) < 4.78 is 2.06. The Morgan fingerprint density at radius 2 is 1.93 bits per heavy atom. The fraction of sp³-hybridized carbons (Fsp3) is 0.0870. The van der Waals surface area contributed by atoms with Gasteiger partial charge < -0.3 is 4.57 Å². The number of halogens is 1. The maximum Gasteiger partial charge on any atom is 0.134 e. The third-order valence-electron chi connectivity index (χ3n) is 4.58. The van der Waals surface area contributed by atoms with Gasteiger partial charge in [-0.25, -0.2) is 4.98 Å². The summed E-state index contributed by atoms with van der Waals surface area (Å²) in [6.07, 6.45) is 4.30. The summed E-state index contributed by atoms with van der Waals surface area (Å²) in [7, 11) is 0. The molecule has 0 fully saturated rings. The Kier molecular flexibility index (Phi) is 5.44. The fourth-order valence-electron chi connectivity index (χ4n) is 3.19. The van der Waals surface area contributed by atoms with Gasteiger partial charge in [0.1, 0.15) is 11.1 Å². The number of nitriles is 2. The maximum atomic E-state index is 9.76. The second kappa shape index (κ2) is 8.32. The van der Waals surface area contributed by atoms with Gasteiger partial charge in [-0.2, -0.15) is 10.5 Å². The third kappa shape index (κ3) is 3.93. The zero-order valence-electron chi connectivity index (χ0n) is 15.3. The topological polar surface area (TPSA) is 65.4 Å². The first kappa shape index (κ1) is 19.0. The molecule has 0 aliphatic rings. The summed E-state index contributed by atoms with van der Waals surface area (Å²) in [5.74, 6) is 0. The van der Waals surface area contributed by atoms with Gasteiger partial charge in [0.2, 0.25) is 0 Å². The highest BCUT2D eigenvalue weighted by Crippen LogP contribution is 2.30. The number of hydrogen-bond donors (Lipinski definition) is 0. The Labute approximate surface area is 177 Å². The molecule has 4 nitrogen and oxygen atoms in total. The first-order valence-electron chi connectivity index (χ1n) is 8.98. The van der Waals surface area contributed by atoms with E-state index >= 15 is 0 Å². The fourth-order valence-corrected chi connectivity index (χ4v) is 4.11. The molecule has 0 spiro atoms. The van der Waals surface area contributed by atoms with E-state index in [-0.39, 0.29) is 0 Å². The SMILES string of the molecule is N#CCCn1cc(/C=C(\C#N)c2nc(-c3ccc(Cl)cc3)cs2)c2ccccc21. The number of hydrogen-bond acceptors (Lipinski definition) is 4. The van der Waals surface area contributed by atoms with Crippen LogP contribution in [0.25, 0.3) is 33.8 Å². The second-order valence-electron chi connectivity index (χ2n) is 6.42. The molecule has 0 atom stereocenters. The molecule has 2 aromatic carbocycles. The number of fused-ring (bicyclic) bond motifs is 1. The Hall–Kier alpha value is -3.38. The first-order valence-corrected chi connectivity index (χ1v) is 10.2. The molecular weight excluding hydrogens is 400 g/mol. The monoisotopic (exact) mass is 414 g/mol. The Bertz CT molecular complexity index is 1280. The van der Waals surface area contributed by atoms with Crippen LogP contribution in [0.15, 0.2) is 60.1 Å². The number of rotatable bonds is 5. The first-order chi connectivity index (χ1) is 14.2. The molecule has 0 saturated carbocycles. The number of para-hydroxylation sites is 1. The van der Waals surface area contributed by atoms with Gasteiger partial charge in [0, 0.05) is 45.2 Å². The zero-order chi connectivity index (χ0) is 20.2. The van der Waals surface area contributed by atoms with Crippen molar-refractivity contribution in [2.75, 3.05) is 0 Å². The lowest BCUT2D eigenvalue weighted by Crippen LogP contribution is -1.94. The van der Waals surface area contributed by atoms with Crippen LogP contribution in [-0.2, 0) is 6.54 Å². The van der Waals surface area contributed by atoms with Gasteiger partial charge in [0.05, 0.1) is 23.8 Å². The minimum atomic E-state index is 0.434. The van der Waals surface area contributed by atoms with Crippen LogP contribution in [0.5, 0.6) is 0 Å². The predicted octanol–water partition coefficient (Wildman–Crippen LogP) is 6.40. The van der Waals surface area contributed by atoms with Gasteiger partial charge in [-0.3, -0.25) is 0 Å². The summed E-state index contributed by atoms with van der Waals surface area (Å²) in [6.45, 7) is 0.616. The van der Waals surface area contributed by atoms with E-state index in [1.165, 1.54) is 11.3 Å². The smallest absolute Gasteiger partial charge is 0.134 e. The normalized spacial score (nSPS) is 11.3. The molecule has 0 amide bonds. The van der Waals surface area contributed by atoms with Gasteiger partial charge in [0.25, 0.3) is 0 Å². The average Bonchev–Trinajstić information content (AvgIpc) is 3.36. The standard InChI is InChI=1S/C23H15ClN4S/c24-19-8-6-16(7-9-19)21-15-29-23(27-21)17(13-26)12-18-14-28(11-3-10-25)22-5-2-1-4-20(18)22/h1-2,4-9,12,14-15H,3,11H2/b17-12+. The minimum Gasteiger partial charge on any atom is -0.346 e. The minimum absolute atomic E-state index is 0.434. The van der Waals surface area contributed by atoms with Crippen molar-refractivity contribution in [1.29, 1.82) is 10.5 Å². The Morgan fingerprint density at radius 3 is 2.69 bits per heavy atom. The number of aryl methyl sites for hydroxylation is 1. The third-order valence-corrected chi connectivity index (χ3v) is 5.71. The van der Waals surface area contributed by atoms with Crippen molar-refractivity contribution in [2.45, 2.75) is 13.0 Å². The molecule has 6 heteroatoms. The van der Waals surface area contributed by atoms with Crippen LogP contribution in [0.4, 0.5) is 0 Å². The summed E-state index contributed by atoms with van der Waals surface area (Å²) in [5, 5.41) is 23.0. The second-order valence-corrected chi connectivity index (χ2v) is 7.71. The summed E-state index contributed by atoms with van der Waals surface area (Å²) >= 11 is 7.40. The predicted molar refractivity (Wildman–Crippen MR) is 118 cm³/mol. The highest BCUT2D eigenvalue weighted by atomic mass is 35.5. The number of aromatic nitrogens is 2. The highest BCUT2D eigenvalue weighted by Gasteiger charge is 2.12. The Morgan fingerprint density at radius 1 is 1.14 bits per heavy atom. The zero-order valence-corrected chi connectivity index (χ0v) is 16.9. The Balaban J connectivity index is 1.73. The summed E-state index contributed by atoms with van der Waals surface area (Å²) in [6, 6.07) is 20.0. The highest BCUT2D eigenvalue weighted by molar-refractivity contribution is 7.11. The lowest BCUT2D eigenvalue weighted by Gasteiger charge is -2.00. The van der Waals surface area contributed by atoms with Gasteiger partial charge >= 0.3 is 0 Å². The van der Waals surface area contributed by atoms with E-state index in [1.807, 2.05) is 66.2 Å². The quantitative estimate of drug-likeness (QED) is 0.355. The molecular formula is C23H15ClN4S. The lowest BCUT2D eigenvalue weighted by molar-refractivity contribution is 0.744. The largest absolute Gasteiger partial charge is 0.346 e. The van der Waals surface area contributed by atoms with Crippen molar-refractivity contribution in [1.82, 2.24) is 9.55 Å². The van der Waals surface area contributed by atoms with Crippen LogP contribution in [0.3, 0.4) is 0 Å². The van der Waals surface area contributed by atoms with E-state index in [4.69, 9.17) is 16.9 Å². The van der Waals surface area contributed by atoms with Crippen LogP contribution < -0.4 is 0 Å². The molecule has 4 rings (SSSR count). The number of thiazole rings is 1. The number of nitrogens with zero attached hydrogens (tertiary/aromatic N) is 4. The molecule has 0 radical (unpaired) electrons. The van der Waals surface area contributed by atoms with Crippen LogP contribution >= 0.6 is 22.9 Å². The molecule has 2 aromatic heterocycles. The molecule has 0 aliphatic carbocycles. The van der Waals surface area contributed by atoms with Crippen molar-refractivity contribution in [3.05, 3.63) is 75.7 Å². The maximum absolute atomic E-state index is 9.76. The lowest BCUT2D eigenvalue weighted by atomic mass is 10.1. The van der Waals surface area contributed by atoms with E-state index in [1.54, 1.807) is 0 Å². The van der Waals surface area contributed by atoms with E-state index in [2.05, 4.69) is 21.7 Å². The van der Waals surface area contributed by atoms with E-state index < -0.39 is 0 Å². The molecule has 0 saturated heterocycles. The van der Waals surface area contributed by atoms with Crippen LogP contribution in [-0.4, -0.2) is 9.55 Å². The average molecular weight is 415 g/mol. The molecule has 2 heterocycles. The van der Waals surface area contributed by atoms with E-state index in [0.29, 0.717) is 28.6 Å². The van der Waals surface area contributed by atoms with Gasteiger partial charge in [-0.05, 0) is 24.3 Å². The van der Waals surface area contributed by atoms with E-state index in [9.17, 15) is 5.26 Å². The summed E-state index contributed by atoms with van der Waals surface area (Å²) in [4.78, 5) is 4.65. The molecule has 0 unspecified atom stereocenters. The van der Waals surface area contributed by atoms with Gasteiger partial charge in [-0.15, -0.1) is 11.3 Å². The van der Waals surface area contributed by atoms with Gasteiger partial charge in [0.15, 0.2) is 0 Å². The van der Waals surface area contributed by atoms with Crippen LogP contribution in [0, 0.1) is 22.7 Å². The van der Waals surface area contributed by atoms with Crippen molar-refractivity contribution in [2.24, 2.45) is 0 Å². The van der Waals surface area contributed by atoms with Crippen molar-refractivity contribution < 1.29 is 0 Å². The molecule has 0 bridgehead atoms. The molecule has 4 aromatic rings. The number of allylic oxidation sites excluding steroid dienone is 1. The molecule has 29 heavy (non-hydrogen) atoms. The van der Waals surface area contributed by atoms with E-state index in [0.717, 1.165) is 27.7 Å². The van der Waals surface area contributed by atoms with Crippen LogP contribution in [0.1, 0.15) is 17.0 Å². The summed E-state index contributed by atoms with van der Waals surface area (Å²) in [5.41, 5.74) is 4.28. The van der Waals surface area contributed by atoms with Gasteiger partial charge in [-0.1, -0.05) is 41.9 Å². The van der Waals surface area contributed by atoms with Crippen molar-refractivity contribution in [3.63, 3.8) is 0 Å². The molecule has 0 aliphatic heterocycles. The van der Waals surface area contributed by atoms with Crippen molar-refractivity contribution >= 4 is 45.5 Å². The molecule has 0 N–H and O–H groups in total. The van der Waals surface area contributed by atoms with Crippen LogP contribution in [0.2, 0.25) is 5.02 Å².